The highest BCUT2D eigenvalue weighted by atomic mass is 32.2. The van der Waals surface area contributed by atoms with Crippen LogP contribution in [0.5, 0.6) is 5.75 Å². The number of carbonyl (C=O) groups excluding carboxylic acids is 1. The minimum atomic E-state index is -0.281. The Morgan fingerprint density at radius 1 is 1.15 bits per heavy atom. The van der Waals surface area contributed by atoms with Gasteiger partial charge < -0.3 is 4.74 Å². The van der Waals surface area contributed by atoms with Crippen molar-refractivity contribution < 1.29 is 9.53 Å². The Bertz CT molecular complexity index is 891. The van der Waals surface area contributed by atoms with E-state index in [4.69, 9.17) is 10.6 Å². The molecular formula is C18H19N5O2S. The topological polar surface area (TPSA) is 95.1 Å². The minimum Gasteiger partial charge on any atom is -0.497 e. The Morgan fingerprint density at radius 3 is 2.46 bits per heavy atom. The maximum absolute atomic E-state index is 11.5. The number of carbonyl (C=O) groups is 1. The lowest BCUT2D eigenvalue weighted by Crippen LogP contribution is -2.31. The number of nitrogens with two attached hydrogens (primary N) is 1. The van der Waals surface area contributed by atoms with Gasteiger partial charge in [-0.3, -0.25) is 14.8 Å². The number of hydrogen-bond acceptors (Lipinski definition) is 6. The van der Waals surface area contributed by atoms with E-state index in [2.05, 4.69) is 15.6 Å². The Balaban J connectivity index is 2.04. The lowest BCUT2D eigenvalue weighted by Gasteiger charge is -2.11. The summed E-state index contributed by atoms with van der Waals surface area (Å²) in [5.74, 6) is 6.49. The second-order valence-electron chi connectivity index (χ2n) is 5.56. The van der Waals surface area contributed by atoms with Crippen LogP contribution in [0.3, 0.4) is 0 Å². The first-order valence-electron chi connectivity index (χ1n) is 7.91. The number of thioether (sulfide) groups is 1. The lowest BCUT2D eigenvalue weighted by atomic mass is 10.1. The van der Waals surface area contributed by atoms with Crippen LogP contribution in [0, 0.1) is 6.92 Å². The number of methoxy groups -OCH3 is 1. The number of rotatable bonds is 6. The van der Waals surface area contributed by atoms with Crippen molar-refractivity contribution in [1.29, 1.82) is 0 Å². The van der Waals surface area contributed by atoms with Crippen molar-refractivity contribution in [2.24, 2.45) is 5.84 Å². The van der Waals surface area contributed by atoms with Crippen LogP contribution in [0.1, 0.15) is 5.56 Å². The fourth-order valence-corrected chi connectivity index (χ4v) is 3.15. The normalized spacial score (nSPS) is 10.6. The SMILES string of the molecule is COc1ccc(-n2c(SCC(=O)NN)nnc2-c2ccc(C)cc2)cc1. The molecule has 3 N–H and O–H groups in total. The zero-order chi connectivity index (χ0) is 18.5. The van der Waals surface area contributed by atoms with E-state index in [-0.39, 0.29) is 11.7 Å². The number of aromatic nitrogens is 3. The summed E-state index contributed by atoms with van der Waals surface area (Å²) in [5.41, 5.74) is 5.10. The van der Waals surface area contributed by atoms with Crippen molar-refractivity contribution in [3.05, 3.63) is 54.1 Å². The average Bonchev–Trinajstić information content (AvgIpc) is 3.10. The first-order chi connectivity index (χ1) is 12.6. The van der Waals surface area contributed by atoms with E-state index < -0.39 is 0 Å². The first-order valence-corrected chi connectivity index (χ1v) is 8.90. The van der Waals surface area contributed by atoms with Crippen LogP contribution >= 0.6 is 11.8 Å². The van der Waals surface area contributed by atoms with Crippen LogP contribution in [0.2, 0.25) is 0 Å². The van der Waals surface area contributed by atoms with Gasteiger partial charge in [0.25, 0.3) is 0 Å². The summed E-state index contributed by atoms with van der Waals surface area (Å²) in [4.78, 5) is 11.5. The van der Waals surface area contributed by atoms with Crippen LogP contribution in [0.25, 0.3) is 17.1 Å². The van der Waals surface area contributed by atoms with E-state index in [0.717, 1.165) is 17.0 Å². The number of aryl methyl sites for hydroxylation is 1. The van der Waals surface area contributed by atoms with Gasteiger partial charge >= 0.3 is 0 Å². The molecule has 0 radical (unpaired) electrons. The maximum atomic E-state index is 11.5. The van der Waals surface area contributed by atoms with E-state index in [1.54, 1.807) is 7.11 Å². The second kappa shape index (κ2) is 8.03. The molecule has 1 amide bonds. The van der Waals surface area contributed by atoms with Crippen molar-refractivity contribution in [3.63, 3.8) is 0 Å². The van der Waals surface area contributed by atoms with Crippen molar-refractivity contribution >= 4 is 17.7 Å². The predicted octanol–water partition coefficient (Wildman–Crippen LogP) is 2.33. The third kappa shape index (κ3) is 3.87. The van der Waals surface area contributed by atoms with Crippen LogP contribution in [-0.2, 0) is 4.79 Å². The van der Waals surface area contributed by atoms with Gasteiger partial charge in [0, 0.05) is 11.3 Å². The molecule has 0 saturated heterocycles. The van der Waals surface area contributed by atoms with E-state index >= 15 is 0 Å². The summed E-state index contributed by atoms with van der Waals surface area (Å²) in [6.07, 6.45) is 0. The van der Waals surface area contributed by atoms with Crippen LogP contribution < -0.4 is 16.0 Å². The molecule has 3 rings (SSSR count). The van der Waals surface area contributed by atoms with E-state index in [9.17, 15) is 4.79 Å². The molecule has 0 fully saturated rings. The van der Waals surface area contributed by atoms with Gasteiger partial charge in [0.05, 0.1) is 12.9 Å². The molecule has 0 unspecified atom stereocenters. The molecule has 8 heteroatoms. The molecule has 7 nitrogen and oxygen atoms in total. The average molecular weight is 369 g/mol. The molecular weight excluding hydrogens is 350 g/mol. The molecule has 0 saturated carbocycles. The molecule has 2 aromatic carbocycles. The third-order valence-electron chi connectivity index (χ3n) is 3.77. The minimum absolute atomic E-state index is 0.151. The van der Waals surface area contributed by atoms with Gasteiger partial charge in [-0.2, -0.15) is 0 Å². The molecule has 0 aliphatic carbocycles. The summed E-state index contributed by atoms with van der Waals surface area (Å²) in [6.45, 7) is 2.03. The fraction of sp³-hybridized carbons (Fsp3) is 0.167. The zero-order valence-electron chi connectivity index (χ0n) is 14.5. The van der Waals surface area contributed by atoms with Crippen molar-refractivity contribution in [1.82, 2.24) is 20.2 Å². The Kier molecular flexibility index (Phi) is 5.55. The lowest BCUT2D eigenvalue weighted by molar-refractivity contribution is -0.118. The summed E-state index contributed by atoms with van der Waals surface area (Å²) in [7, 11) is 1.62. The van der Waals surface area contributed by atoms with E-state index in [1.807, 2.05) is 60.0 Å². The molecule has 0 aliphatic heterocycles. The number of benzene rings is 2. The molecule has 0 bridgehead atoms. The van der Waals surface area contributed by atoms with Gasteiger partial charge in [0.15, 0.2) is 11.0 Å². The van der Waals surface area contributed by atoms with Gasteiger partial charge in [-0.25, -0.2) is 5.84 Å². The second-order valence-corrected chi connectivity index (χ2v) is 6.50. The number of nitrogens with zero attached hydrogens (tertiary/aromatic N) is 3. The summed E-state index contributed by atoms with van der Waals surface area (Å²) >= 11 is 1.27. The van der Waals surface area contributed by atoms with Crippen LogP contribution in [0.15, 0.2) is 53.7 Å². The molecule has 1 aromatic heterocycles. The molecule has 0 aliphatic rings. The van der Waals surface area contributed by atoms with Crippen LogP contribution in [0.4, 0.5) is 0 Å². The molecule has 0 spiro atoms. The number of hydrogen-bond donors (Lipinski definition) is 2. The van der Waals surface area contributed by atoms with E-state index in [0.29, 0.717) is 11.0 Å². The highest BCUT2D eigenvalue weighted by Gasteiger charge is 2.17. The van der Waals surface area contributed by atoms with Crippen LogP contribution in [-0.4, -0.2) is 33.5 Å². The van der Waals surface area contributed by atoms with Crippen molar-refractivity contribution in [2.75, 3.05) is 12.9 Å². The molecule has 134 valence electrons. The number of hydrazine groups is 1. The van der Waals surface area contributed by atoms with Gasteiger partial charge in [-0.05, 0) is 31.2 Å². The van der Waals surface area contributed by atoms with Crippen molar-refractivity contribution in [2.45, 2.75) is 12.1 Å². The smallest absolute Gasteiger partial charge is 0.244 e. The third-order valence-corrected chi connectivity index (χ3v) is 4.70. The fourth-order valence-electron chi connectivity index (χ4n) is 2.39. The highest BCUT2D eigenvalue weighted by Crippen LogP contribution is 2.29. The molecule has 0 atom stereocenters. The molecule has 1 heterocycles. The summed E-state index contributed by atoms with van der Waals surface area (Å²) < 4.78 is 7.14. The highest BCUT2D eigenvalue weighted by molar-refractivity contribution is 7.99. The Morgan fingerprint density at radius 2 is 1.85 bits per heavy atom. The number of amides is 1. The predicted molar refractivity (Wildman–Crippen MR) is 101 cm³/mol. The largest absolute Gasteiger partial charge is 0.497 e. The number of nitrogens with one attached hydrogen (secondary N) is 1. The van der Waals surface area contributed by atoms with Gasteiger partial charge in [0.1, 0.15) is 5.75 Å². The Hall–Kier alpha value is -2.84. The van der Waals surface area contributed by atoms with Crippen molar-refractivity contribution in [3.8, 4) is 22.8 Å². The first kappa shape index (κ1) is 18.0. The summed E-state index contributed by atoms with van der Waals surface area (Å²) in [6, 6.07) is 15.6. The quantitative estimate of drug-likeness (QED) is 0.300. The monoisotopic (exact) mass is 369 g/mol. The number of ether oxygens (including phenoxy) is 1. The standard InChI is InChI=1S/C18H19N5O2S/c1-12-3-5-13(6-4-12)17-21-22-18(26-11-16(24)20-19)23(17)14-7-9-15(25-2)10-8-14/h3-10H,11,19H2,1-2H3,(H,20,24). The Labute approximate surface area is 155 Å². The van der Waals surface area contributed by atoms with E-state index in [1.165, 1.54) is 17.3 Å². The van der Waals surface area contributed by atoms with Gasteiger partial charge in [-0.15, -0.1) is 10.2 Å². The maximum Gasteiger partial charge on any atom is 0.244 e. The molecule has 26 heavy (non-hydrogen) atoms. The summed E-state index contributed by atoms with van der Waals surface area (Å²) in [5, 5.41) is 9.21. The molecule has 3 aromatic rings. The zero-order valence-corrected chi connectivity index (χ0v) is 15.3. The van der Waals surface area contributed by atoms with Gasteiger partial charge in [0.2, 0.25) is 5.91 Å². The van der Waals surface area contributed by atoms with Gasteiger partial charge in [-0.1, -0.05) is 41.6 Å².